The van der Waals surface area contributed by atoms with E-state index < -0.39 is 0 Å². The van der Waals surface area contributed by atoms with Crippen LogP contribution >= 0.6 is 0 Å². The molecule has 1 rings (SSSR count). The molecule has 1 unspecified atom stereocenters. The lowest BCUT2D eigenvalue weighted by Gasteiger charge is -2.11. The van der Waals surface area contributed by atoms with Crippen LogP contribution in [-0.4, -0.2) is 23.3 Å². The number of hydrogen-bond donors (Lipinski definition) is 1. The minimum absolute atomic E-state index is 0.0610. The van der Waals surface area contributed by atoms with E-state index in [1.54, 1.807) is 7.11 Å². The van der Waals surface area contributed by atoms with E-state index >= 15 is 0 Å². The third-order valence-corrected chi connectivity index (χ3v) is 2.05. The van der Waals surface area contributed by atoms with Crippen molar-refractivity contribution < 1.29 is 9.26 Å². The fourth-order valence-electron chi connectivity index (χ4n) is 0.998. The van der Waals surface area contributed by atoms with Gasteiger partial charge in [-0.05, 0) is 5.92 Å². The van der Waals surface area contributed by atoms with Crippen LogP contribution in [0.25, 0.3) is 0 Å². The Labute approximate surface area is 83.6 Å². The van der Waals surface area contributed by atoms with E-state index in [4.69, 9.17) is 15.0 Å². The van der Waals surface area contributed by atoms with Crippen LogP contribution in [0.4, 0.5) is 0 Å². The van der Waals surface area contributed by atoms with E-state index in [0.29, 0.717) is 30.7 Å². The quantitative estimate of drug-likeness (QED) is 0.757. The maximum atomic E-state index is 5.87. The molecule has 1 aromatic heterocycles. The van der Waals surface area contributed by atoms with Crippen molar-refractivity contribution in [3.05, 3.63) is 11.7 Å². The molecule has 1 heterocycles. The van der Waals surface area contributed by atoms with E-state index in [1.165, 1.54) is 0 Å². The molecule has 0 aliphatic heterocycles. The van der Waals surface area contributed by atoms with Gasteiger partial charge in [-0.2, -0.15) is 4.98 Å². The van der Waals surface area contributed by atoms with Crippen LogP contribution in [0.2, 0.25) is 0 Å². The second-order valence-corrected chi connectivity index (χ2v) is 3.65. The first-order valence-corrected chi connectivity index (χ1v) is 4.69. The van der Waals surface area contributed by atoms with E-state index in [9.17, 15) is 0 Å². The minimum Gasteiger partial charge on any atom is -0.377 e. The van der Waals surface area contributed by atoms with Gasteiger partial charge >= 0.3 is 0 Å². The fraction of sp³-hybridized carbons (Fsp3) is 0.778. The summed E-state index contributed by atoms with van der Waals surface area (Å²) in [5.41, 5.74) is 5.87. The van der Waals surface area contributed by atoms with Crippen LogP contribution in [0.15, 0.2) is 4.52 Å². The van der Waals surface area contributed by atoms with Crippen molar-refractivity contribution in [3.63, 3.8) is 0 Å². The Kier molecular flexibility index (Phi) is 4.03. The first-order chi connectivity index (χ1) is 6.63. The smallest absolute Gasteiger partial charge is 0.228 e. The highest BCUT2D eigenvalue weighted by atomic mass is 16.5. The van der Waals surface area contributed by atoms with E-state index in [1.807, 2.05) is 0 Å². The largest absolute Gasteiger partial charge is 0.377 e. The molecule has 1 atom stereocenters. The molecule has 0 saturated heterocycles. The molecule has 1 aromatic rings. The normalized spacial score (nSPS) is 13.5. The van der Waals surface area contributed by atoms with Crippen molar-refractivity contribution in [2.24, 2.45) is 11.7 Å². The molecule has 0 bridgehead atoms. The summed E-state index contributed by atoms with van der Waals surface area (Å²) < 4.78 is 9.89. The summed E-state index contributed by atoms with van der Waals surface area (Å²) in [7, 11) is 1.59. The van der Waals surface area contributed by atoms with Gasteiger partial charge in [0.25, 0.3) is 0 Å². The Hall–Kier alpha value is -0.940. The summed E-state index contributed by atoms with van der Waals surface area (Å²) in [5, 5.41) is 3.75. The van der Waals surface area contributed by atoms with Gasteiger partial charge in [0.2, 0.25) is 5.89 Å². The van der Waals surface area contributed by atoms with Crippen LogP contribution in [0.5, 0.6) is 0 Å². The van der Waals surface area contributed by atoms with Gasteiger partial charge in [-0.3, -0.25) is 0 Å². The number of ether oxygens (including phenoxy) is 1. The third-order valence-electron chi connectivity index (χ3n) is 2.05. The van der Waals surface area contributed by atoms with Crippen LogP contribution in [0.3, 0.4) is 0 Å². The molecule has 2 N–H and O–H groups in total. The standard InChI is InChI=1S/C9H17N3O2/c1-6(2)7(10)4-9-11-8(5-13-3)12-14-9/h6-7H,4-5,10H2,1-3H3. The van der Waals surface area contributed by atoms with Crippen LogP contribution in [-0.2, 0) is 17.8 Å². The SMILES string of the molecule is COCc1noc(CC(N)C(C)C)n1. The van der Waals surface area contributed by atoms with Gasteiger partial charge in [-0.1, -0.05) is 19.0 Å². The maximum absolute atomic E-state index is 5.87. The number of nitrogens with two attached hydrogens (primary N) is 1. The first-order valence-electron chi connectivity index (χ1n) is 4.69. The van der Waals surface area contributed by atoms with Crippen molar-refractivity contribution in [3.8, 4) is 0 Å². The molecule has 0 amide bonds. The highest BCUT2D eigenvalue weighted by Gasteiger charge is 2.13. The van der Waals surface area contributed by atoms with Gasteiger partial charge in [0.1, 0.15) is 6.61 Å². The molecule has 0 saturated carbocycles. The van der Waals surface area contributed by atoms with Crippen LogP contribution < -0.4 is 5.73 Å². The summed E-state index contributed by atoms with van der Waals surface area (Å²) in [4.78, 5) is 4.14. The Morgan fingerprint density at radius 3 is 2.79 bits per heavy atom. The lowest BCUT2D eigenvalue weighted by molar-refractivity contribution is 0.174. The summed E-state index contributed by atoms with van der Waals surface area (Å²) in [6, 6.07) is 0.0610. The van der Waals surface area contributed by atoms with Gasteiger partial charge in [0.15, 0.2) is 5.82 Å². The predicted molar refractivity (Wildman–Crippen MR) is 51.5 cm³/mol. The second kappa shape index (κ2) is 5.07. The van der Waals surface area contributed by atoms with Crippen molar-refractivity contribution in [1.82, 2.24) is 10.1 Å². The number of aromatic nitrogens is 2. The average molecular weight is 199 g/mol. The van der Waals surface area contributed by atoms with Crippen molar-refractivity contribution in [1.29, 1.82) is 0 Å². The zero-order valence-electron chi connectivity index (χ0n) is 8.86. The van der Waals surface area contributed by atoms with E-state index in [0.717, 1.165) is 0 Å². The van der Waals surface area contributed by atoms with E-state index in [-0.39, 0.29) is 6.04 Å². The molecule has 0 spiro atoms. The lowest BCUT2D eigenvalue weighted by atomic mass is 10.0. The Morgan fingerprint density at radius 2 is 2.21 bits per heavy atom. The minimum atomic E-state index is 0.0610. The summed E-state index contributed by atoms with van der Waals surface area (Å²) >= 11 is 0. The highest BCUT2D eigenvalue weighted by Crippen LogP contribution is 2.06. The summed E-state index contributed by atoms with van der Waals surface area (Å²) in [5.74, 6) is 1.56. The Bertz CT molecular complexity index is 273. The number of rotatable bonds is 5. The van der Waals surface area contributed by atoms with Crippen LogP contribution in [0.1, 0.15) is 25.6 Å². The van der Waals surface area contributed by atoms with Crippen molar-refractivity contribution >= 4 is 0 Å². The molecule has 0 aromatic carbocycles. The number of hydrogen-bond acceptors (Lipinski definition) is 5. The van der Waals surface area contributed by atoms with Crippen LogP contribution in [0, 0.1) is 5.92 Å². The predicted octanol–water partition coefficient (Wildman–Crippen LogP) is 0.742. The Balaban J connectivity index is 2.50. The average Bonchev–Trinajstić information content (AvgIpc) is 2.53. The van der Waals surface area contributed by atoms with Gasteiger partial charge in [0.05, 0.1) is 0 Å². The molecule has 80 valence electrons. The zero-order chi connectivity index (χ0) is 10.6. The molecule has 5 nitrogen and oxygen atoms in total. The topological polar surface area (TPSA) is 74.2 Å². The Morgan fingerprint density at radius 1 is 1.50 bits per heavy atom. The molecular weight excluding hydrogens is 182 g/mol. The molecule has 0 aliphatic carbocycles. The lowest BCUT2D eigenvalue weighted by Crippen LogP contribution is -2.28. The first kappa shape index (κ1) is 11.1. The molecular formula is C9H17N3O2. The highest BCUT2D eigenvalue weighted by molar-refractivity contribution is 4.88. The summed E-state index contributed by atoms with van der Waals surface area (Å²) in [6.45, 7) is 4.51. The zero-order valence-corrected chi connectivity index (χ0v) is 8.86. The van der Waals surface area contributed by atoms with Gasteiger partial charge in [-0.15, -0.1) is 0 Å². The molecule has 14 heavy (non-hydrogen) atoms. The monoisotopic (exact) mass is 199 g/mol. The van der Waals surface area contributed by atoms with Crippen molar-refractivity contribution in [2.45, 2.75) is 32.9 Å². The molecule has 5 heteroatoms. The van der Waals surface area contributed by atoms with E-state index in [2.05, 4.69) is 24.0 Å². The van der Waals surface area contributed by atoms with Gasteiger partial charge < -0.3 is 15.0 Å². The number of methoxy groups -OCH3 is 1. The fourth-order valence-corrected chi connectivity index (χ4v) is 0.998. The maximum Gasteiger partial charge on any atom is 0.228 e. The third kappa shape index (κ3) is 3.08. The summed E-state index contributed by atoms with van der Waals surface area (Å²) in [6.07, 6.45) is 0.619. The van der Waals surface area contributed by atoms with Gasteiger partial charge in [-0.25, -0.2) is 0 Å². The van der Waals surface area contributed by atoms with Gasteiger partial charge in [0, 0.05) is 19.6 Å². The van der Waals surface area contributed by atoms with Crippen molar-refractivity contribution in [2.75, 3.05) is 7.11 Å². The second-order valence-electron chi connectivity index (χ2n) is 3.65. The molecule has 0 aliphatic rings. The number of nitrogens with zero attached hydrogens (tertiary/aromatic N) is 2. The molecule has 0 fully saturated rings. The molecule has 0 radical (unpaired) electrons.